The molecule has 1 heterocycles. The van der Waals surface area contributed by atoms with Gasteiger partial charge in [0.2, 0.25) is 5.91 Å². The van der Waals surface area contributed by atoms with Crippen LogP contribution < -0.4 is 10.6 Å². The van der Waals surface area contributed by atoms with Crippen LogP contribution in [0.15, 0.2) is 66.7 Å². The molecule has 0 aromatic heterocycles. The van der Waals surface area contributed by atoms with Crippen LogP contribution in [0.2, 0.25) is 0 Å². The van der Waals surface area contributed by atoms with E-state index in [1.807, 2.05) is 24.3 Å². The van der Waals surface area contributed by atoms with Gasteiger partial charge in [-0.15, -0.1) is 0 Å². The molecule has 0 saturated heterocycles. The molecule has 0 radical (unpaired) electrons. The SMILES string of the molecule is CC(C)(C)c1ccc(C(Cc2ccc(C(=O)NCCC(=O)O)cc2)C(=O)Nc2ccc3c(c2)C(=O)N(CC2CC2)C3=O)cc1. The van der Waals surface area contributed by atoms with Gasteiger partial charge in [-0.25, -0.2) is 0 Å². The summed E-state index contributed by atoms with van der Waals surface area (Å²) in [5, 5.41) is 14.3. The largest absolute Gasteiger partial charge is 0.481 e. The number of anilines is 1. The van der Waals surface area contributed by atoms with Gasteiger partial charge in [-0.3, -0.25) is 28.9 Å². The van der Waals surface area contributed by atoms with Crippen LogP contribution in [-0.2, 0) is 21.4 Å². The van der Waals surface area contributed by atoms with E-state index in [-0.39, 0.29) is 42.0 Å². The van der Waals surface area contributed by atoms with Crippen LogP contribution in [0, 0.1) is 5.92 Å². The number of nitrogens with zero attached hydrogens (tertiary/aromatic N) is 1. The molecule has 3 aromatic carbocycles. The number of hydrogen-bond acceptors (Lipinski definition) is 5. The van der Waals surface area contributed by atoms with Crippen LogP contribution >= 0.6 is 0 Å². The minimum atomic E-state index is -0.990. The van der Waals surface area contributed by atoms with Crippen molar-refractivity contribution < 1.29 is 29.1 Å². The molecule has 1 aliphatic carbocycles. The van der Waals surface area contributed by atoms with Crippen molar-refractivity contribution in [3.63, 3.8) is 0 Å². The minimum absolute atomic E-state index is 0.0315. The van der Waals surface area contributed by atoms with Crippen LogP contribution in [-0.4, -0.2) is 52.7 Å². The molecule has 0 bridgehead atoms. The lowest BCUT2D eigenvalue weighted by Gasteiger charge is -2.22. The minimum Gasteiger partial charge on any atom is -0.481 e. The van der Waals surface area contributed by atoms with Crippen LogP contribution in [0.1, 0.15) is 93.7 Å². The van der Waals surface area contributed by atoms with Gasteiger partial charge in [0.05, 0.1) is 23.5 Å². The molecule has 1 unspecified atom stereocenters. The Kier molecular flexibility index (Phi) is 8.67. The fourth-order valence-electron chi connectivity index (χ4n) is 5.31. The average molecular weight is 596 g/mol. The number of amides is 4. The Balaban J connectivity index is 1.35. The van der Waals surface area contributed by atoms with Crippen molar-refractivity contribution in [2.45, 2.75) is 57.8 Å². The molecule has 9 nitrogen and oxygen atoms in total. The number of rotatable bonds is 11. The van der Waals surface area contributed by atoms with Crippen molar-refractivity contribution in [1.82, 2.24) is 10.2 Å². The lowest BCUT2D eigenvalue weighted by atomic mass is 9.84. The summed E-state index contributed by atoms with van der Waals surface area (Å²) in [6.07, 6.45) is 2.23. The van der Waals surface area contributed by atoms with Gasteiger partial charge >= 0.3 is 5.97 Å². The second-order valence-electron chi connectivity index (χ2n) is 12.6. The fourth-order valence-corrected chi connectivity index (χ4v) is 5.31. The third kappa shape index (κ3) is 7.05. The summed E-state index contributed by atoms with van der Waals surface area (Å²) in [6, 6.07) is 19.7. The second kappa shape index (κ2) is 12.4. The number of imide groups is 1. The number of carboxylic acids is 1. The Hall–Kier alpha value is -4.79. The van der Waals surface area contributed by atoms with E-state index in [1.165, 1.54) is 4.90 Å². The van der Waals surface area contributed by atoms with E-state index >= 15 is 0 Å². The van der Waals surface area contributed by atoms with Crippen molar-refractivity contribution in [3.05, 3.63) is 100 Å². The zero-order valence-electron chi connectivity index (χ0n) is 25.2. The van der Waals surface area contributed by atoms with Crippen molar-refractivity contribution in [2.24, 2.45) is 5.92 Å². The predicted octanol–water partition coefficient (Wildman–Crippen LogP) is 5.16. The van der Waals surface area contributed by atoms with Crippen molar-refractivity contribution in [1.29, 1.82) is 0 Å². The highest BCUT2D eigenvalue weighted by Gasteiger charge is 2.39. The van der Waals surface area contributed by atoms with Gasteiger partial charge in [0.25, 0.3) is 17.7 Å². The first kappa shape index (κ1) is 30.7. The molecule has 3 aromatic rings. The van der Waals surface area contributed by atoms with E-state index < -0.39 is 11.9 Å². The summed E-state index contributed by atoms with van der Waals surface area (Å²) >= 11 is 0. The Bertz CT molecular complexity index is 1600. The number of benzene rings is 3. The van der Waals surface area contributed by atoms with Crippen molar-refractivity contribution in [3.8, 4) is 0 Å². The summed E-state index contributed by atoms with van der Waals surface area (Å²) in [5.41, 5.74) is 4.21. The maximum atomic E-state index is 13.8. The molecule has 0 spiro atoms. The van der Waals surface area contributed by atoms with Crippen LogP contribution in [0.5, 0.6) is 0 Å². The lowest BCUT2D eigenvalue weighted by Crippen LogP contribution is -2.31. The highest BCUT2D eigenvalue weighted by atomic mass is 16.4. The fraction of sp³-hybridized carbons (Fsp3) is 0.343. The summed E-state index contributed by atoms with van der Waals surface area (Å²) in [7, 11) is 0. The van der Waals surface area contributed by atoms with Gasteiger partial charge in [-0.05, 0) is 77.6 Å². The quantitative estimate of drug-likeness (QED) is 0.262. The van der Waals surface area contributed by atoms with Crippen LogP contribution in [0.25, 0.3) is 0 Å². The topological polar surface area (TPSA) is 133 Å². The Labute approximate surface area is 256 Å². The van der Waals surface area contributed by atoms with E-state index in [9.17, 15) is 24.0 Å². The number of fused-ring (bicyclic) bond motifs is 1. The van der Waals surface area contributed by atoms with E-state index in [4.69, 9.17) is 5.11 Å². The molecule has 1 saturated carbocycles. The zero-order chi connectivity index (χ0) is 31.6. The first-order valence-corrected chi connectivity index (χ1v) is 14.9. The first-order chi connectivity index (χ1) is 20.9. The molecule has 5 rings (SSSR count). The number of hydrogen-bond donors (Lipinski definition) is 3. The number of carboxylic acid groups (broad SMARTS) is 1. The second-order valence-corrected chi connectivity index (χ2v) is 12.6. The molecular formula is C35H37N3O6. The number of aliphatic carboxylic acids is 1. The molecule has 1 atom stereocenters. The predicted molar refractivity (Wildman–Crippen MR) is 166 cm³/mol. The molecule has 3 N–H and O–H groups in total. The molecule has 2 aliphatic rings. The van der Waals surface area contributed by atoms with Gasteiger partial charge in [0.1, 0.15) is 0 Å². The number of carbonyl (C=O) groups excluding carboxylic acids is 4. The molecular weight excluding hydrogens is 558 g/mol. The number of carbonyl (C=O) groups is 5. The maximum Gasteiger partial charge on any atom is 0.305 e. The maximum absolute atomic E-state index is 13.8. The van der Waals surface area contributed by atoms with Crippen molar-refractivity contribution >= 4 is 35.3 Å². The van der Waals surface area contributed by atoms with Gasteiger partial charge in [-0.2, -0.15) is 0 Å². The van der Waals surface area contributed by atoms with Crippen LogP contribution in [0.4, 0.5) is 5.69 Å². The molecule has 9 heteroatoms. The Morgan fingerprint density at radius 1 is 0.909 bits per heavy atom. The summed E-state index contributed by atoms with van der Waals surface area (Å²) in [5.74, 6) is -2.45. The van der Waals surface area contributed by atoms with Gasteiger partial charge < -0.3 is 15.7 Å². The monoisotopic (exact) mass is 595 g/mol. The lowest BCUT2D eigenvalue weighted by molar-refractivity contribution is -0.136. The molecule has 1 fully saturated rings. The average Bonchev–Trinajstić information content (AvgIpc) is 3.78. The van der Waals surface area contributed by atoms with E-state index in [0.29, 0.717) is 41.3 Å². The smallest absolute Gasteiger partial charge is 0.305 e. The number of nitrogens with one attached hydrogen (secondary N) is 2. The van der Waals surface area contributed by atoms with E-state index in [1.54, 1.807) is 42.5 Å². The summed E-state index contributed by atoms with van der Waals surface area (Å²) < 4.78 is 0. The Morgan fingerprint density at radius 3 is 2.18 bits per heavy atom. The van der Waals surface area contributed by atoms with Gasteiger partial charge in [0.15, 0.2) is 0 Å². The zero-order valence-corrected chi connectivity index (χ0v) is 25.2. The highest BCUT2D eigenvalue weighted by molar-refractivity contribution is 6.22. The Morgan fingerprint density at radius 2 is 1.57 bits per heavy atom. The van der Waals surface area contributed by atoms with E-state index in [0.717, 1.165) is 29.5 Å². The first-order valence-electron chi connectivity index (χ1n) is 14.9. The molecule has 1 aliphatic heterocycles. The van der Waals surface area contributed by atoms with Crippen LogP contribution in [0.3, 0.4) is 0 Å². The summed E-state index contributed by atoms with van der Waals surface area (Å²) in [4.78, 5) is 64.1. The van der Waals surface area contributed by atoms with Gasteiger partial charge in [0, 0.05) is 24.3 Å². The van der Waals surface area contributed by atoms with Gasteiger partial charge in [-0.1, -0.05) is 57.2 Å². The summed E-state index contributed by atoms with van der Waals surface area (Å²) in [6.45, 7) is 6.83. The standard InChI is InChI=1S/C35H37N3O6/c1-35(2,3)25-12-10-23(11-13-25)28(18-21-6-8-24(9-7-21)31(41)36-17-16-30(39)40)32(42)37-26-14-15-27-29(19-26)34(44)38(33(27)43)20-22-4-5-22/h6-15,19,22,28H,4-5,16-18,20H2,1-3H3,(H,36,41)(H,37,42)(H,39,40). The van der Waals surface area contributed by atoms with Crippen molar-refractivity contribution in [2.75, 3.05) is 18.4 Å². The molecule has 4 amide bonds. The molecule has 44 heavy (non-hydrogen) atoms. The molecule has 228 valence electrons. The van der Waals surface area contributed by atoms with E-state index in [2.05, 4.69) is 31.4 Å². The highest BCUT2D eigenvalue weighted by Crippen LogP contribution is 2.34. The third-order valence-corrected chi connectivity index (χ3v) is 8.15. The third-order valence-electron chi connectivity index (χ3n) is 8.15. The normalized spacial score (nSPS) is 15.1.